The monoisotopic (exact) mass is 358 g/mol. The molecule has 0 heterocycles. The van der Waals surface area contributed by atoms with Gasteiger partial charge in [0.1, 0.15) is 5.41 Å². The summed E-state index contributed by atoms with van der Waals surface area (Å²) < 4.78 is 0. The average molecular weight is 359 g/mol. The topological polar surface area (TPSA) is 34.1 Å². The highest BCUT2D eigenvalue weighted by Gasteiger charge is 2.64. The van der Waals surface area contributed by atoms with Gasteiger partial charge in [0.05, 0.1) is 0 Å². The molecule has 2 aliphatic rings. The van der Waals surface area contributed by atoms with E-state index in [-0.39, 0.29) is 28.8 Å². The molecule has 0 amide bonds. The molecule has 1 aromatic carbocycles. The first-order valence-corrected chi connectivity index (χ1v) is 9.35. The van der Waals surface area contributed by atoms with Crippen molar-refractivity contribution in [2.75, 3.05) is 0 Å². The van der Waals surface area contributed by atoms with Crippen molar-refractivity contribution < 1.29 is 9.59 Å². The number of hydrogen-bond acceptors (Lipinski definition) is 2. The Morgan fingerprint density at radius 3 is 1.92 bits per heavy atom. The van der Waals surface area contributed by atoms with Gasteiger partial charge < -0.3 is 0 Å². The van der Waals surface area contributed by atoms with E-state index in [1.807, 2.05) is 51.1 Å². The van der Waals surface area contributed by atoms with Gasteiger partial charge in [-0.2, -0.15) is 0 Å². The minimum Gasteiger partial charge on any atom is -0.298 e. The highest BCUT2D eigenvalue weighted by Crippen LogP contribution is 2.60. The molecule has 0 aliphatic heterocycles. The predicted octanol–water partition coefficient (Wildman–Crippen LogP) is 5.60. The van der Waals surface area contributed by atoms with Crippen LogP contribution in [0, 0.1) is 22.2 Å². The Balaban J connectivity index is 2.17. The molecule has 2 nitrogen and oxygen atoms in total. The Kier molecular flexibility index (Phi) is 4.07. The summed E-state index contributed by atoms with van der Waals surface area (Å²) in [5.74, 6) is -0.282. The van der Waals surface area contributed by atoms with Crippen LogP contribution in [0.2, 0.25) is 5.02 Å². The zero-order valence-corrected chi connectivity index (χ0v) is 16.7. The van der Waals surface area contributed by atoms with Gasteiger partial charge in [0, 0.05) is 16.9 Å². The van der Waals surface area contributed by atoms with Gasteiger partial charge in [-0.1, -0.05) is 76.9 Å². The summed E-state index contributed by atoms with van der Waals surface area (Å²) in [6.07, 6.45) is 2.60. The summed E-state index contributed by atoms with van der Waals surface area (Å²) in [7, 11) is 0. The van der Waals surface area contributed by atoms with Gasteiger partial charge in [-0.25, -0.2) is 0 Å². The minimum atomic E-state index is -1.02. The fourth-order valence-corrected chi connectivity index (χ4v) is 4.67. The Morgan fingerprint density at radius 1 is 0.920 bits per heavy atom. The summed E-state index contributed by atoms with van der Waals surface area (Å²) in [5, 5.41) is 0.657. The van der Waals surface area contributed by atoms with Gasteiger partial charge in [0.2, 0.25) is 0 Å². The van der Waals surface area contributed by atoms with Crippen molar-refractivity contribution in [2.24, 2.45) is 22.2 Å². The van der Waals surface area contributed by atoms with Gasteiger partial charge in [-0.15, -0.1) is 0 Å². The molecule has 0 unspecified atom stereocenters. The molecular weight excluding hydrogens is 332 g/mol. The Hall–Kier alpha value is -1.41. The maximum Gasteiger partial charge on any atom is 0.158 e. The van der Waals surface area contributed by atoms with Gasteiger partial charge in [-0.3, -0.25) is 9.59 Å². The van der Waals surface area contributed by atoms with Crippen LogP contribution in [0.4, 0.5) is 0 Å². The van der Waals surface area contributed by atoms with Crippen LogP contribution >= 0.6 is 11.6 Å². The lowest BCUT2D eigenvalue weighted by atomic mass is 9.55. The lowest BCUT2D eigenvalue weighted by Crippen LogP contribution is -2.52. The molecule has 0 saturated heterocycles. The van der Waals surface area contributed by atoms with Crippen LogP contribution in [0.1, 0.15) is 59.4 Å². The van der Waals surface area contributed by atoms with Crippen LogP contribution in [0.15, 0.2) is 35.9 Å². The molecule has 0 radical (unpaired) electrons. The number of Topliss-reactive ketones (excluding diaryl/α,β-unsaturated/α-hetero) is 2. The fourth-order valence-electron chi connectivity index (χ4n) is 4.54. The highest BCUT2D eigenvalue weighted by molar-refractivity contribution is 6.30. The molecule has 2 aliphatic carbocycles. The molecule has 0 spiro atoms. The second kappa shape index (κ2) is 5.54. The molecule has 134 valence electrons. The van der Waals surface area contributed by atoms with Crippen molar-refractivity contribution in [1.29, 1.82) is 0 Å². The molecule has 1 fully saturated rings. The second-order valence-electron chi connectivity index (χ2n) is 9.53. The molecule has 1 saturated carbocycles. The molecule has 3 rings (SSSR count). The van der Waals surface area contributed by atoms with E-state index in [0.29, 0.717) is 11.4 Å². The number of benzene rings is 1. The van der Waals surface area contributed by atoms with Crippen molar-refractivity contribution in [2.45, 2.75) is 53.9 Å². The highest BCUT2D eigenvalue weighted by atomic mass is 35.5. The van der Waals surface area contributed by atoms with Gasteiger partial charge >= 0.3 is 0 Å². The van der Waals surface area contributed by atoms with Crippen LogP contribution in [0.25, 0.3) is 0 Å². The fraction of sp³-hybridized carbons (Fsp3) is 0.545. The molecule has 1 aromatic rings. The Bertz CT molecular complexity index is 759. The van der Waals surface area contributed by atoms with E-state index in [1.165, 1.54) is 0 Å². The van der Waals surface area contributed by atoms with Gasteiger partial charge in [0.15, 0.2) is 11.6 Å². The Labute approximate surface area is 155 Å². The number of carbonyl (C=O) groups excluding carboxylic acids is 2. The number of allylic oxidation sites excluding steroid dienone is 2. The number of ketones is 2. The SMILES string of the molecule is CC(C)(C)C1=C[C@@]2(C(C)(C)C)C(=O)[C@@H]1C[C@@H](c1ccc(Cl)cc1)C2=O. The number of fused-ring (bicyclic) bond motifs is 2. The molecule has 0 aromatic heterocycles. The van der Waals surface area contributed by atoms with Crippen LogP contribution in [-0.2, 0) is 9.59 Å². The van der Waals surface area contributed by atoms with E-state index < -0.39 is 10.8 Å². The van der Waals surface area contributed by atoms with Crippen LogP contribution < -0.4 is 0 Å². The third-order valence-corrected chi connectivity index (χ3v) is 6.20. The number of carbonyl (C=O) groups is 2. The van der Waals surface area contributed by atoms with Gasteiger partial charge in [0.25, 0.3) is 0 Å². The van der Waals surface area contributed by atoms with Crippen molar-refractivity contribution in [1.82, 2.24) is 0 Å². The molecule has 0 N–H and O–H groups in total. The Morgan fingerprint density at radius 2 is 1.44 bits per heavy atom. The number of rotatable bonds is 1. The van der Waals surface area contributed by atoms with Crippen molar-refractivity contribution in [3.05, 3.63) is 46.5 Å². The molecule has 2 bridgehead atoms. The maximum atomic E-state index is 13.6. The predicted molar refractivity (Wildman–Crippen MR) is 102 cm³/mol. The summed E-state index contributed by atoms with van der Waals surface area (Å²) in [6, 6.07) is 7.50. The summed E-state index contributed by atoms with van der Waals surface area (Å²) in [4.78, 5) is 27.0. The zero-order valence-electron chi connectivity index (χ0n) is 15.9. The van der Waals surface area contributed by atoms with Crippen LogP contribution in [0.5, 0.6) is 0 Å². The van der Waals surface area contributed by atoms with Crippen molar-refractivity contribution >= 4 is 23.2 Å². The number of hydrogen-bond donors (Lipinski definition) is 0. The van der Waals surface area contributed by atoms with E-state index in [0.717, 1.165) is 11.1 Å². The minimum absolute atomic E-state index is 0.0443. The number of halogens is 1. The molecule has 25 heavy (non-hydrogen) atoms. The van der Waals surface area contributed by atoms with Crippen molar-refractivity contribution in [3.8, 4) is 0 Å². The largest absolute Gasteiger partial charge is 0.298 e. The first kappa shape index (κ1) is 18.4. The quantitative estimate of drug-likeness (QED) is 0.483. The smallest absolute Gasteiger partial charge is 0.158 e. The summed E-state index contributed by atoms with van der Waals surface area (Å²) >= 11 is 6.01. The van der Waals surface area contributed by atoms with Crippen LogP contribution in [0.3, 0.4) is 0 Å². The van der Waals surface area contributed by atoms with E-state index in [1.54, 1.807) is 0 Å². The normalized spacial score (nSPS) is 29.8. The van der Waals surface area contributed by atoms with Crippen LogP contribution in [-0.4, -0.2) is 11.6 Å². The average Bonchev–Trinajstić information content (AvgIpc) is 2.69. The standard InChI is InChI=1S/C22H27ClO2/c1-20(2,3)17-12-22(21(4,5)6)18(24)15(11-16(17)19(22)25)13-7-9-14(23)10-8-13/h7-10,12,15-16H,11H2,1-6H3/t15-,16+,22-/m0/s1. The third kappa shape index (κ3) is 2.61. The van der Waals surface area contributed by atoms with E-state index in [4.69, 9.17) is 11.6 Å². The molecular formula is C22H27ClO2. The van der Waals surface area contributed by atoms with Crippen molar-refractivity contribution in [3.63, 3.8) is 0 Å². The first-order valence-electron chi connectivity index (χ1n) is 8.97. The molecule has 3 heteroatoms. The maximum absolute atomic E-state index is 13.6. The van der Waals surface area contributed by atoms with E-state index in [9.17, 15) is 9.59 Å². The molecule has 3 atom stereocenters. The van der Waals surface area contributed by atoms with E-state index in [2.05, 4.69) is 20.8 Å². The second-order valence-corrected chi connectivity index (χ2v) is 9.97. The third-order valence-electron chi connectivity index (χ3n) is 5.95. The van der Waals surface area contributed by atoms with E-state index >= 15 is 0 Å². The first-order chi connectivity index (χ1) is 11.4. The lowest BCUT2D eigenvalue weighted by Gasteiger charge is -2.44. The summed E-state index contributed by atoms with van der Waals surface area (Å²) in [6.45, 7) is 12.4. The lowest BCUT2D eigenvalue weighted by molar-refractivity contribution is -0.149. The summed E-state index contributed by atoms with van der Waals surface area (Å²) in [5.41, 5.74) is 0.490. The van der Waals surface area contributed by atoms with Gasteiger partial charge in [-0.05, 0) is 34.9 Å². The zero-order chi connectivity index (χ0) is 18.8.